The number of hydrogen-bond acceptors (Lipinski definition) is 4. The van der Waals surface area contributed by atoms with Crippen LogP contribution >= 0.6 is 0 Å². The fourth-order valence-electron chi connectivity index (χ4n) is 3.94. The number of para-hydroxylation sites is 1. The van der Waals surface area contributed by atoms with Crippen molar-refractivity contribution in [1.82, 2.24) is 20.1 Å². The number of carbonyl (C=O) groups is 1. The van der Waals surface area contributed by atoms with Crippen LogP contribution in [0, 0.1) is 6.92 Å². The number of piperazine rings is 1. The Balaban J connectivity index is 1.53. The number of likely N-dealkylation sites (tertiary alicyclic amines) is 1. The van der Waals surface area contributed by atoms with Gasteiger partial charge in [-0.3, -0.25) is 14.7 Å². The van der Waals surface area contributed by atoms with E-state index in [4.69, 9.17) is 0 Å². The molecular weight excluding hydrogens is 300 g/mol. The molecule has 2 saturated heterocycles. The molecule has 1 atom stereocenters. The molecule has 2 aliphatic heterocycles. The van der Waals surface area contributed by atoms with E-state index >= 15 is 0 Å². The number of amides is 1. The molecule has 0 bridgehead atoms. The van der Waals surface area contributed by atoms with Crippen LogP contribution in [0.3, 0.4) is 0 Å². The fourth-order valence-corrected chi connectivity index (χ4v) is 3.94. The highest BCUT2D eigenvalue weighted by Gasteiger charge is 2.32. The SMILES string of the molecule is Cc1c(C(=O)N2CCC(N3CCNCC3)C2)cnc2ccccc12. The maximum Gasteiger partial charge on any atom is 0.255 e. The summed E-state index contributed by atoms with van der Waals surface area (Å²) in [6.45, 7) is 7.99. The normalized spacial score (nSPS) is 22.2. The molecule has 2 aliphatic rings. The smallest absolute Gasteiger partial charge is 0.255 e. The zero-order chi connectivity index (χ0) is 16.5. The lowest BCUT2D eigenvalue weighted by Gasteiger charge is -2.32. The summed E-state index contributed by atoms with van der Waals surface area (Å²) in [5.41, 5.74) is 2.73. The van der Waals surface area contributed by atoms with Crippen LogP contribution in [0.25, 0.3) is 10.9 Å². The van der Waals surface area contributed by atoms with Gasteiger partial charge in [0.1, 0.15) is 0 Å². The Morgan fingerprint density at radius 2 is 2.00 bits per heavy atom. The van der Waals surface area contributed by atoms with Gasteiger partial charge in [0.05, 0.1) is 11.1 Å². The molecule has 126 valence electrons. The second-order valence-electron chi connectivity index (χ2n) is 6.79. The van der Waals surface area contributed by atoms with Gasteiger partial charge in [-0.15, -0.1) is 0 Å². The molecule has 2 aromatic rings. The number of hydrogen-bond donors (Lipinski definition) is 1. The number of fused-ring (bicyclic) bond motifs is 1. The minimum absolute atomic E-state index is 0.128. The van der Waals surface area contributed by atoms with E-state index in [0.717, 1.165) is 67.7 Å². The molecular formula is C19H24N4O. The maximum absolute atomic E-state index is 13.0. The van der Waals surface area contributed by atoms with E-state index in [2.05, 4.69) is 15.2 Å². The van der Waals surface area contributed by atoms with E-state index < -0.39 is 0 Å². The summed E-state index contributed by atoms with van der Waals surface area (Å²) in [5.74, 6) is 0.128. The zero-order valence-electron chi connectivity index (χ0n) is 14.2. The molecule has 4 rings (SSSR count). The highest BCUT2D eigenvalue weighted by molar-refractivity contribution is 6.00. The van der Waals surface area contributed by atoms with Crippen molar-refractivity contribution in [3.05, 3.63) is 41.6 Å². The van der Waals surface area contributed by atoms with Gasteiger partial charge in [-0.2, -0.15) is 0 Å². The molecule has 1 amide bonds. The van der Waals surface area contributed by atoms with Gasteiger partial charge in [-0.1, -0.05) is 18.2 Å². The van der Waals surface area contributed by atoms with Gasteiger partial charge in [0.2, 0.25) is 0 Å². The summed E-state index contributed by atoms with van der Waals surface area (Å²) in [4.78, 5) is 22.0. The zero-order valence-corrected chi connectivity index (χ0v) is 14.2. The number of nitrogens with one attached hydrogen (secondary N) is 1. The Bertz CT molecular complexity index is 754. The first kappa shape index (κ1) is 15.5. The minimum atomic E-state index is 0.128. The molecule has 0 aliphatic carbocycles. The standard InChI is InChI=1S/C19H24N4O/c1-14-16-4-2-3-5-18(16)21-12-17(14)19(24)23-9-6-15(13-23)22-10-7-20-8-11-22/h2-5,12,15,20H,6-11,13H2,1H3. The third kappa shape index (κ3) is 2.78. The Hall–Kier alpha value is -1.98. The number of pyridine rings is 1. The fraction of sp³-hybridized carbons (Fsp3) is 0.474. The van der Waals surface area contributed by atoms with Crippen molar-refractivity contribution in [2.24, 2.45) is 0 Å². The first-order chi connectivity index (χ1) is 11.7. The molecule has 1 N–H and O–H groups in total. The molecule has 0 radical (unpaired) electrons. The molecule has 1 aromatic carbocycles. The molecule has 5 nitrogen and oxygen atoms in total. The molecule has 0 spiro atoms. The summed E-state index contributed by atoms with van der Waals surface area (Å²) >= 11 is 0. The number of aromatic nitrogens is 1. The van der Waals surface area contributed by atoms with Crippen LogP contribution in [-0.4, -0.2) is 66.0 Å². The van der Waals surface area contributed by atoms with Crippen molar-refractivity contribution in [3.63, 3.8) is 0 Å². The number of rotatable bonds is 2. The van der Waals surface area contributed by atoms with E-state index in [1.807, 2.05) is 36.1 Å². The van der Waals surface area contributed by atoms with E-state index in [1.165, 1.54) is 0 Å². The Morgan fingerprint density at radius 1 is 1.21 bits per heavy atom. The van der Waals surface area contributed by atoms with Crippen molar-refractivity contribution < 1.29 is 4.79 Å². The summed E-state index contributed by atoms with van der Waals surface area (Å²) in [5, 5.41) is 4.46. The first-order valence-corrected chi connectivity index (χ1v) is 8.82. The minimum Gasteiger partial charge on any atom is -0.337 e. The van der Waals surface area contributed by atoms with Gasteiger partial charge < -0.3 is 10.2 Å². The Kier molecular flexibility index (Phi) is 4.21. The van der Waals surface area contributed by atoms with Gasteiger partial charge in [-0.25, -0.2) is 0 Å². The van der Waals surface area contributed by atoms with Gasteiger partial charge in [-0.05, 0) is 25.0 Å². The second-order valence-corrected chi connectivity index (χ2v) is 6.79. The third-order valence-electron chi connectivity index (χ3n) is 5.39. The summed E-state index contributed by atoms with van der Waals surface area (Å²) in [6.07, 6.45) is 2.82. The quantitative estimate of drug-likeness (QED) is 0.913. The predicted octanol–water partition coefficient (Wildman–Crippen LogP) is 1.66. The van der Waals surface area contributed by atoms with Crippen LogP contribution < -0.4 is 5.32 Å². The monoisotopic (exact) mass is 324 g/mol. The van der Waals surface area contributed by atoms with E-state index in [-0.39, 0.29) is 5.91 Å². The molecule has 24 heavy (non-hydrogen) atoms. The number of aryl methyl sites for hydroxylation is 1. The van der Waals surface area contributed by atoms with Gasteiger partial charge >= 0.3 is 0 Å². The molecule has 1 aromatic heterocycles. The molecule has 2 fully saturated rings. The average Bonchev–Trinajstić information content (AvgIpc) is 3.13. The number of nitrogens with zero attached hydrogens (tertiary/aromatic N) is 3. The lowest BCUT2D eigenvalue weighted by Crippen LogP contribution is -2.49. The van der Waals surface area contributed by atoms with Crippen molar-refractivity contribution in [3.8, 4) is 0 Å². The average molecular weight is 324 g/mol. The van der Waals surface area contributed by atoms with Crippen LogP contribution in [0.5, 0.6) is 0 Å². The number of benzene rings is 1. The van der Waals surface area contributed by atoms with Crippen molar-refractivity contribution >= 4 is 16.8 Å². The second kappa shape index (κ2) is 6.49. The van der Waals surface area contributed by atoms with Gasteiger partial charge in [0.15, 0.2) is 0 Å². The molecule has 0 saturated carbocycles. The summed E-state index contributed by atoms with van der Waals surface area (Å²) < 4.78 is 0. The highest BCUT2D eigenvalue weighted by atomic mass is 16.2. The van der Waals surface area contributed by atoms with Crippen LogP contribution in [0.4, 0.5) is 0 Å². The van der Waals surface area contributed by atoms with Crippen molar-refractivity contribution in [2.75, 3.05) is 39.3 Å². The van der Waals surface area contributed by atoms with Gasteiger partial charge in [0, 0.05) is 56.9 Å². The molecule has 3 heterocycles. The number of carbonyl (C=O) groups excluding carboxylic acids is 1. The first-order valence-electron chi connectivity index (χ1n) is 8.82. The van der Waals surface area contributed by atoms with Crippen molar-refractivity contribution in [1.29, 1.82) is 0 Å². The van der Waals surface area contributed by atoms with Crippen LogP contribution in [-0.2, 0) is 0 Å². The largest absolute Gasteiger partial charge is 0.337 e. The topological polar surface area (TPSA) is 48.5 Å². The van der Waals surface area contributed by atoms with E-state index in [9.17, 15) is 4.79 Å². The Labute approximate surface area is 142 Å². The molecule has 5 heteroatoms. The lowest BCUT2D eigenvalue weighted by atomic mass is 10.0. The lowest BCUT2D eigenvalue weighted by molar-refractivity contribution is 0.0772. The van der Waals surface area contributed by atoms with E-state index in [0.29, 0.717) is 6.04 Å². The van der Waals surface area contributed by atoms with E-state index in [1.54, 1.807) is 6.20 Å². The highest BCUT2D eigenvalue weighted by Crippen LogP contribution is 2.23. The molecule has 1 unspecified atom stereocenters. The summed E-state index contributed by atoms with van der Waals surface area (Å²) in [6, 6.07) is 8.52. The predicted molar refractivity (Wildman–Crippen MR) is 95.2 cm³/mol. The van der Waals surface area contributed by atoms with Crippen LogP contribution in [0.2, 0.25) is 0 Å². The summed E-state index contributed by atoms with van der Waals surface area (Å²) in [7, 11) is 0. The Morgan fingerprint density at radius 3 is 2.83 bits per heavy atom. The van der Waals surface area contributed by atoms with Gasteiger partial charge in [0.25, 0.3) is 5.91 Å². The third-order valence-corrected chi connectivity index (χ3v) is 5.39. The van der Waals surface area contributed by atoms with Crippen LogP contribution in [0.1, 0.15) is 22.3 Å². The van der Waals surface area contributed by atoms with Crippen molar-refractivity contribution in [2.45, 2.75) is 19.4 Å². The van der Waals surface area contributed by atoms with Crippen LogP contribution in [0.15, 0.2) is 30.5 Å². The maximum atomic E-state index is 13.0.